The van der Waals surface area contributed by atoms with E-state index in [1.807, 2.05) is 11.9 Å². The molecular formula is C15H26N2O3. The molecule has 2 aliphatic carbocycles. The van der Waals surface area contributed by atoms with Crippen molar-refractivity contribution in [2.24, 2.45) is 11.8 Å². The van der Waals surface area contributed by atoms with Crippen LogP contribution in [0, 0.1) is 11.8 Å². The molecule has 0 radical (unpaired) electrons. The zero-order valence-corrected chi connectivity index (χ0v) is 12.5. The molecule has 0 aliphatic heterocycles. The molecule has 5 nitrogen and oxygen atoms in total. The van der Waals surface area contributed by atoms with Gasteiger partial charge in [0.15, 0.2) is 0 Å². The molecule has 0 saturated heterocycles. The highest BCUT2D eigenvalue weighted by Crippen LogP contribution is 2.28. The summed E-state index contributed by atoms with van der Waals surface area (Å²) >= 11 is 0. The lowest BCUT2D eigenvalue weighted by atomic mass is 9.87. The van der Waals surface area contributed by atoms with E-state index in [-0.39, 0.29) is 18.0 Å². The summed E-state index contributed by atoms with van der Waals surface area (Å²) in [5.41, 5.74) is 0. The fraction of sp³-hybridized carbons (Fsp3) is 0.867. The predicted octanol–water partition coefficient (Wildman–Crippen LogP) is 2.46. The Morgan fingerprint density at radius 3 is 2.30 bits per heavy atom. The topological polar surface area (TPSA) is 69.6 Å². The average Bonchev–Trinajstić information content (AvgIpc) is 2.87. The lowest BCUT2D eigenvalue weighted by molar-refractivity contribution is -0.141. The first-order valence-corrected chi connectivity index (χ1v) is 7.73. The second-order valence-electron chi connectivity index (χ2n) is 6.52. The smallest absolute Gasteiger partial charge is 0.317 e. The van der Waals surface area contributed by atoms with Crippen molar-refractivity contribution in [1.82, 2.24) is 10.2 Å². The minimum absolute atomic E-state index is 0.0218. The number of carbonyl (C=O) groups excluding carboxylic acids is 1. The summed E-state index contributed by atoms with van der Waals surface area (Å²) in [6, 6.07) is 0.317. The SMILES string of the molecule is CC1CCC(N(C)C(=O)NC2CCC(C(=O)O)C2)CC1. The second kappa shape index (κ2) is 6.46. The Bertz CT molecular complexity index is 364. The second-order valence-corrected chi connectivity index (χ2v) is 6.52. The summed E-state index contributed by atoms with van der Waals surface area (Å²) in [6.45, 7) is 2.26. The van der Waals surface area contributed by atoms with Crippen molar-refractivity contribution in [3.05, 3.63) is 0 Å². The van der Waals surface area contributed by atoms with E-state index in [0.717, 1.165) is 25.2 Å². The molecule has 2 amide bonds. The first kappa shape index (κ1) is 15.1. The van der Waals surface area contributed by atoms with Crippen molar-refractivity contribution in [3.8, 4) is 0 Å². The summed E-state index contributed by atoms with van der Waals surface area (Å²) in [4.78, 5) is 25.0. The standard InChI is InChI=1S/C15H26N2O3/c1-10-3-7-13(8-4-10)17(2)15(20)16-12-6-5-11(9-12)14(18)19/h10-13H,3-9H2,1-2H3,(H,16,20)(H,18,19). The Morgan fingerprint density at radius 2 is 1.75 bits per heavy atom. The molecule has 0 aromatic heterocycles. The van der Waals surface area contributed by atoms with Gasteiger partial charge in [-0.1, -0.05) is 6.92 Å². The number of amides is 2. The third-order valence-corrected chi connectivity index (χ3v) is 4.96. The van der Waals surface area contributed by atoms with Gasteiger partial charge < -0.3 is 15.3 Å². The number of aliphatic carboxylic acids is 1. The van der Waals surface area contributed by atoms with E-state index in [2.05, 4.69) is 12.2 Å². The minimum Gasteiger partial charge on any atom is -0.481 e. The van der Waals surface area contributed by atoms with Gasteiger partial charge in [-0.05, 0) is 50.9 Å². The van der Waals surface area contributed by atoms with E-state index >= 15 is 0 Å². The Hall–Kier alpha value is -1.26. The molecule has 2 unspecified atom stereocenters. The van der Waals surface area contributed by atoms with Crippen LogP contribution in [0.2, 0.25) is 0 Å². The Labute approximate surface area is 120 Å². The molecule has 0 aromatic carbocycles. The first-order chi connectivity index (χ1) is 9.47. The van der Waals surface area contributed by atoms with Gasteiger partial charge in [0.2, 0.25) is 0 Å². The van der Waals surface area contributed by atoms with Crippen LogP contribution < -0.4 is 5.32 Å². The van der Waals surface area contributed by atoms with Crippen LogP contribution in [0.3, 0.4) is 0 Å². The molecule has 5 heteroatoms. The highest BCUT2D eigenvalue weighted by molar-refractivity contribution is 5.75. The Balaban J connectivity index is 1.78. The van der Waals surface area contributed by atoms with Gasteiger partial charge in [0.05, 0.1) is 5.92 Å². The average molecular weight is 282 g/mol. The van der Waals surface area contributed by atoms with Crippen molar-refractivity contribution in [2.45, 2.75) is 64.0 Å². The molecule has 114 valence electrons. The molecule has 20 heavy (non-hydrogen) atoms. The van der Waals surface area contributed by atoms with E-state index in [0.29, 0.717) is 18.9 Å². The zero-order valence-electron chi connectivity index (χ0n) is 12.5. The van der Waals surface area contributed by atoms with Crippen molar-refractivity contribution < 1.29 is 14.7 Å². The van der Waals surface area contributed by atoms with Crippen molar-refractivity contribution >= 4 is 12.0 Å². The van der Waals surface area contributed by atoms with Gasteiger partial charge >= 0.3 is 12.0 Å². The predicted molar refractivity (Wildman–Crippen MR) is 76.5 cm³/mol. The minimum atomic E-state index is -0.739. The highest BCUT2D eigenvalue weighted by atomic mass is 16.4. The summed E-state index contributed by atoms with van der Waals surface area (Å²) < 4.78 is 0. The normalized spacial score (nSPS) is 33.7. The molecule has 2 fully saturated rings. The van der Waals surface area contributed by atoms with E-state index in [9.17, 15) is 9.59 Å². The Morgan fingerprint density at radius 1 is 1.10 bits per heavy atom. The molecule has 2 aliphatic rings. The number of nitrogens with one attached hydrogen (secondary N) is 1. The maximum absolute atomic E-state index is 12.2. The molecule has 0 spiro atoms. The van der Waals surface area contributed by atoms with Crippen LogP contribution in [-0.2, 0) is 4.79 Å². The van der Waals surface area contributed by atoms with E-state index < -0.39 is 5.97 Å². The third kappa shape index (κ3) is 3.64. The largest absolute Gasteiger partial charge is 0.481 e. The van der Waals surface area contributed by atoms with Crippen LogP contribution in [0.4, 0.5) is 4.79 Å². The van der Waals surface area contributed by atoms with Crippen LogP contribution in [0.25, 0.3) is 0 Å². The maximum Gasteiger partial charge on any atom is 0.317 e. The number of carbonyl (C=O) groups is 2. The molecule has 2 rings (SSSR count). The van der Waals surface area contributed by atoms with Crippen LogP contribution in [-0.4, -0.2) is 41.1 Å². The van der Waals surface area contributed by atoms with Gasteiger partial charge in [-0.15, -0.1) is 0 Å². The summed E-state index contributed by atoms with van der Waals surface area (Å²) in [7, 11) is 1.86. The number of nitrogens with zero attached hydrogens (tertiary/aromatic N) is 1. The van der Waals surface area contributed by atoms with E-state index in [4.69, 9.17) is 5.11 Å². The lowest BCUT2D eigenvalue weighted by Crippen LogP contribution is -2.47. The number of hydrogen-bond donors (Lipinski definition) is 2. The van der Waals surface area contributed by atoms with Gasteiger partial charge in [-0.2, -0.15) is 0 Å². The van der Waals surface area contributed by atoms with Gasteiger partial charge in [-0.3, -0.25) is 4.79 Å². The van der Waals surface area contributed by atoms with Gasteiger partial charge in [-0.25, -0.2) is 4.79 Å². The van der Waals surface area contributed by atoms with Crippen molar-refractivity contribution in [3.63, 3.8) is 0 Å². The molecule has 2 atom stereocenters. The molecule has 2 saturated carbocycles. The summed E-state index contributed by atoms with van der Waals surface area (Å²) in [6.07, 6.45) is 6.54. The van der Waals surface area contributed by atoms with E-state index in [1.54, 1.807) is 0 Å². The zero-order chi connectivity index (χ0) is 14.7. The maximum atomic E-state index is 12.2. The Kier molecular flexibility index (Phi) is 4.89. The molecule has 0 bridgehead atoms. The van der Waals surface area contributed by atoms with Gasteiger partial charge in [0.1, 0.15) is 0 Å². The fourth-order valence-corrected chi connectivity index (χ4v) is 3.41. The first-order valence-electron chi connectivity index (χ1n) is 7.73. The molecule has 2 N–H and O–H groups in total. The van der Waals surface area contributed by atoms with Crippen molar-refractivity contribution in [2.75, 3.05) is 7.05 Å². The lowest BCUT2D eigenvalue weighted by Gasteiger charge is -2.34. The summed E-state index contributed by atoms with van der Waals surface area (Å²) in [5.74, 6) is -0.258. The molecular weight excluding hydrogens is 256 g/mol. The highest BCUT2D eigenvalue weighted by Gasteiger charge is 2.32. The van der Waals surface area contributed by atoms with Crippen LogP contribution >= 0.6 is 0 Å². The molecule has 0 aromatic rings. The number of carboxylic acid groups (broad SMARTS) is 1. The third-order valence-electron chi connectivity index (χ3n) is 4.96. The monoisotopic (exact) mass is 282 g/mol. The quantitative estimate of drug-likeness (QED) is 0.835. The fourth-order valence-electron chi connectivity index (χ4n) is 3.41. The van der Waals surface area contributed by atoms with Crippen LogP contribution in [0.1, 0.15) is 51.9 Å². The van der Waals surface area contributed by atoms with Crippen molar-refractivity contribution in [1.29, 1.82) is 0 Å². The molecule has 0 heterocycles. The summed E-state index contributed by atoms with van der Waals surface area (Å²) in [5, 5.41) is 12.0. The van der Waals surface area contributed by atoms with Gasteiger partial charge in [0, 0.05) is 19.1 Å². The number of urea groups is 1. The number of rotatable bonds is 3. The van der Waals surface area contributed by atoms with Crippen LogP contribution in [0.15, 0.2) is 0 Å². The number of hydrogen-bond acceptors (Lipinski definition) is 2. The number of carboxylic acids is 1. The van der Waals surface area contributed by atoms with E-state index in [1.165, 1.54) is 12.8 Å². The van der Waals surface area contributed by atoms with Gasteiger partial charge in [0.25, 0.3) is 0 Å². The van der Waals surface area contributed by atoms with Crippen LogP contribution in [0.5, 0.6) is 0 Å².